The summed E-state index contributed by atoms with van der Waals surface area (Å²) in [6.45, 7) is 2.66. The van der Waals surface area contributed by atoms with E-state index in [0.29, 0.717) is 23.9 Å². The molecule has 1 heterocycles. The van der Waals surface area contributed by atoms with Crippen LogP contribution in [0, 0.1) is 0 Å². The van der Waals surface area contributed by atoms with Crippen LogP contribution in [-0.4, -0.2) is 27.7 Å². The number of nitrogens with one attached hydrogen (secondary N) is 2. The van der Waals surface area contributed by atoms with Crippen molar-refractivity contribution in [3.63, 3.8) is 0 Å². The lowest BCUT2D eigenvalue weighted by molar-refractivity contribution is 0.102. The molecule has 2 N–H and O–H groups in total. The molecule has 1 aromatic heterocycles. The number of hydrogen-bond acceptors (Lipinski definition) is 4. The van der Waals surface area contributed by atoms with Gasteiger partial charge in [-0.3, -0.25) is 10.1 Å². The number of hydrogen-bond donors (Lipinski definition) is 2. The second-order valence-electron chi connectivity index (χ2n) is 3.66. The van der Waals surface area contributed by atoms with Crippen molar-refractivity contribution in [2.75, 3.05) is 11.9 Å². The molecule has 0 bridgehead atoms. The number of rotatable bonds is 5. The van der Waals surface area contributed by atoms with Crippen LogP contribution < -0.4 is 10.1 Å². The van der Waals surface area contributed by atoms with Gasteiger partial charge < -0.3 is 4.74 Å². The Morgan fingerprint density at radius 3 is 3.11 bits per heavy atom. The molecule has 0 saturated heterocycles. The highest BCUT2D eigenvalue weighted by Crippen LogP contribution is 2.14. The fourth-order valence-corrected chi connectivity index (χ4v) is 1.39. The first-order valence-corrected chi connectivity index (χ1v) is 5.69. The van der Waals surface area contributed by atoms with Gasteiger partial charge in [-0.25, -0.2) is 5.10 Å². The standard InChI is InChI=1S/C12H14N4O2/c1-2-6-18-10-5-3-4-9(7-10)11(17)15-12-13-8-14-16-12/h3-5,7-8H,2,6H2,1H3,(H2,13,14,15,16,17). The number of amides is 1. The van der Waals surface area contributed by atoms with Gasteiger partial charge in [0.25, 0.3) is 5.91 Å². The van der Waals surface area contributed by atoms with Gasteiger partial charge in [0.05, 0.1) is 6.61 Å². The summed E-state index contributed by atoms with van der Waals surface area (Å²) < 4.78 is 5.47. The molecule has 0 aliphatic heterocycles. The molecule has 1 amide bonds. The zero-order valence-corrected chi connectivity index (χ0v) is 10.0. The van der Waals surface area contributed by atoms with Gasteiger partial charge >= 0.3 is 0 Å². The molecule has 0 atom stereocenters. The van der Waals surface area contributed by atoms with Crippen LogP contribution in [0.3, 0.4) is 0 Å². The van der Waals surface area contributed by atoms with Crippen molar-refractivity contribution >= 4 is 11.9 Å². The zero-order valence-electron chi connectivity index (χ0n) is 10.0. The third kappa shape index (κ3) is 3.07. The van der Waals surface area contributed by atoms with E-state index in [2.05, 4.69) is 20.5 Å². The predicted octanol–water partition coefficient (Wildman–Crippen LogP) is 1.85. The number of H-pyrrole nitrogens is 1. The first kappa shape index (κ1) is 12.1. The van der Waals surface area contributed by atoms with E-state index in [1.54, 1.807) is 18.2 Å². The summed E-state index contributed by atoms with van der Waals surface area (Å²) in [4.78, 5) is 15.7. The molecular weight excluding hydrogens is 232 g/mol. The van der Waals surface area contributed by atoms with Crippen molar-refractivity contribution in [3.8, 4) is 5.75 Å². The van der Waals surface area contributed by atoms with Gasteiger partial charge in [-0.1, -0.05) is 13.0 Å². The van der Waals surface area contributed by atoms with Crippen LogP contribution in [0.5, 0.6) is 5.75 Å². The number of carbonyl (C=O) groups excluding carboxylic acids is 1. The molecule has 6 heteroatoms. The quantitative estimate of drug-likeness (QED) is 0.843. The van der Waals surface area contributed by atoms with Crippen molar-refractivity contribution in [1.82, 2.24) is 15.2 Å². The highest BCUT2D eigenvalue weighted by molar-refractivity contribution is 6.03. The molecule has 0 aliphatic carbocycles. The number of anilines is 1. The van der Waals surface area contributed by atoms with Gasteiger partial charge in [0.1, 0.15) is 12.1 Å². The lowest BCUT2D eigenvalue weighted by Gasteiger charge is -2.06. The van der Waals surface area contributed by atoms with Gasteiger partial charge in [-0.2, -0.15) is 10.1 Å². The molecule has 94 valence electrons. The SMILES string of the molecule is CCCOc1cccc(C(=O)Nc2ncn[nH]2)c1. The maximum Gasteiger partial charge on any atom is 0.258 e. The molecule has 0 fully saturated rings. The van der Waals surface area contributed by atoms with Crippen LogP contribution in [0.2, 0.25) is 0 Å². The Hall–Kier alpha value is -2.37. The minimum atomic E-state index is -0.256. The summed E-state index contributed by atoms with van der Waals surface area (Å²) in [5, 5.41) is 8.81. The normalized spacial score (nSPS) is 10.1. The number of aromatic nitrogens is 3. The number of benzene rings is 1. The van der Waals surface area contributed by atoms with E-state index in [-0.39, 0.29) is 5.91 Å². The molecular formula is C12H14N4O2. The summed E-state index contributed by atoms with van der Waals surface area (Å²) >= 11 is 0. The van der Waals surface area contributed by atoms with Crippen LogP contribution in [0.15, 0.2) is 30.6 Å². The minimum Gasteiger partial charge on any atom is -0.494 e. The zero-order chi connectivity index (χ0) is 12.8. The summed E-state index contributed by atoms with van der Waals surface area (Å²) in [6, 6.07) is 7.01. The Morgan fingerprint density at radius 2 is 2.39 bits per heavy atom. The molecule has 0 radical (unpaired) electrons. The van der Waals surface area contributed by atoms with E-state index in [1.807, 2.05) is 13.0 Å². The fraction of sp³-hybridized carbons (Fsp3) is 0.250. The first-order chi connectivity index (χ1) is 8.79. The van der Waals surface area contributed by atoms with E-state index >= 15 is 0 Å². The van der Waals surface area contributed by atoms with E-state index < -0.39 is 0 Å². The Kier molecular flexibility index (Phi) is 3.90. The third-order valence-corrected chi connectivity index (χ3v) is 2.22. The predicted molar refractivity (Wildman–Crippen MR) is 66.6 cm³/mol. The van der Waals surface area contributed by atoms with Gasteiger partial charge in [0, 0.05) is 5.56 Å². The fourth-order valence-electron chi connectivity index (χ4n) is 1.39. The lowest BCUT2D eigenvalue weighted by atomic mass is 10.2. The van der Waals surface area contributed by atoms with Crippen molar-refractivity contribution in [2.24, 2.45) is 0 Å². The van der Waals surface area contributed by atoms with E-state index in [0.717, 1.165) is 6.42 Å². The van der Waals surface area contributed by atoms with Crippen LogP contribution >= 0.6 is 0 Å². The van der Waals surface area contributed by atoms with E-state index in [4.69, 9.17) is 4.74 Å². The number of nitrogens with zero attached hydrogens (tertiary/aromatic N) is 2. The maximum absolute atomic E-state index is 11.9. The average molecular weight is 246 g/mol. The highest BCUT2D eigenvalue weighted by Gasteiger charge is 2.08. The summed E-state index contributed by atoms with van der Waals surface area (Å²) in [5.41, 5.74) is 0.514. The first-order valence-electron chi connectivity index (χ1n) is 5.69. The van der Waals surface area contributed by atoms with Gasteiger partial charge in [0.15, 0.2) is 0 Å². The van der Waals surface area contributed by atoms with Crippen LogP contribution in [-0.2, 0) is 0 Å². The Labute approximate surface area is 104 Å². The third-order valence-electron chi connectivity index (χ3n) is 2.22. The molecule has 18 heavy (non-hydrogen) atoms. The smallest absolute Gasteiger partial charge is 0.258 e. The van der Waals surface area contributed by atoms with Crippen molar-refractivity contribution in [1.29, 1.82) is 0 Å². The Bertz CT molecular complexity index is 511. The average Bonchev–Trinajstić information content (AvgIpc) is 2.89. The van der Waals surface area contributed by atoms with Crippen molar-refractivity contribution < 1.29 is 9.53 Å². The number of aromatic amines is 1. The minimum absolute atomic E-state index is 0.256. The molecule has 2 aromatic rings. The Morgan fingerprint density at radius 1 is 1.50 bits per heavy atom. The maximum atomic E-state index is 11.9. The van der Waals surface area contributed by atoms with Gasteiger partial charge in [0.2, 0.25) is 5.95 Å². The second-order valence-corrected chi connectivity index (χ2v) is 3.66. The summed E-state index contributed by atoms with van der Waals surface area (Å²) in [5.74, 6) is 0.746. The highest BCUT2D eigenvalue weighted by atomic mass is 16.5. The Balaban J connectivity index is 2.05. The van der Waals surface area contributed by atoms with Crippen LogP contribution in [0.1, 0.15) is 23.7 Å². The molecule has 2 rings (SSSR count). The number of carbonyl (C=O) groups is 1. The molecule has 0 unspecified atom stereocenters. The van der Waals surface area contributed by atoms with E-state index in [1.165, 1.54) is 6.33 Å². The van der Waals surface area contributed by atoms with Gasteiger partial charge in [-0.05, 0) is 24.6 Å². The molecule has 0 aliphatic rings. The van der Waals surface area contributed by atoms with Gasteiger partial charge in [-0.15, -0.1) is 0 Å². The topological polar surface area (TPSA) is 79.9 Å². The van der Waals surface area contributed by atoms with Crippen molar-refractivity contribution in [2.45, 2.75) is 13.3 Å². The largest absolute Gasteiger partial charge is 0.494 e. The van der Waals surface area contributed by atoms with E-state index in [9.17, 15) is 4.79 Å². The van der Waals surface area contributed by atoms with Crippen LogP contribution in [0.25, 0.3) is 0 Å². The summed E-state index contributed by atoms with van der Waals surface area (Å²) in [6.07, 6.45) is 2.25. The van der Waals surface area contributed by atoms with Crippen LogP contribution in [0.4, 0.5) is 5.95 Å². The molecule has 0 saturated carbocycles. The lowest BCUT2D eigenvalue weighted by Crippen LogP contribution is -2.13. The molecule has 6 nitrogen and oxygen atoms in total. The molecule has 1 aromatic carbocycles. The monoisotopic (exact) mass is 246 g/mol. The number of ether oxygens (including phenoxy) is 1. The summed E-state index contributed by atoms with van der Waals surface area (Å²) in [7, 11) is 0. The van der Waals surface area contributed by atoms with Crippen molar-refractivity contribution in [3.05, 3.63) is 36.2 Å². The molecule has 0 spiro atoms. The second kappa shape index (κ2) is 5.81.